The molecule has 20 heavy (non-hydrogen) atoms. The van der Waals surface area contributed by atoms with Crippen molar-refractivity contribution in [1.29, 1.82) is 0 Å². The van der Waals surface area contributed by atoms with Gasteiger partial charge in [-0.15, -0.1) is 0 Å². The predicted molar refractivity (Wildman–Crippen MR) is 68.8 cm³/mol. The monoisotopic (exact) mass is 277 g/mol. The number of non-ortho nitro benzene ring substituents is 1. The van der Waals surface area contributed by atoms with Gasteiger partial charge in [0.05, 0.1) is 23.8 Å². The second-order valence-corrected chi connectivity index (χ2v) is 3.92. The van der Waals surface area contributed by atoms with E-state index >= 15 is 0 Å². The summed E-state index contributed by atoms with van der Waals surface area (Å²) in [5, 5.41) is 16.8. The lowest BCUT2D eigenvalue weighted by molar-refractivity contribution is -0.384. The number of amides is 1. The van der Waals surface area contributed by atoms with Gasteiger partial charge in [-0.1, -0.05) is 5.16 Å². The summed E-state index contributed by atoms with van der Waals surface area (Å²) >= 11 is 0. The highest BCUT2D eigenvalue weighted by molar-refractivity contribution is 6.03. The average Bonchev–Trinajstić information content (AvgIpc) is 2.85. The number of nitrogens with zero attached hydrogens (tertiary/aromatic N) is 2. The number of aromatic nitrogens is 1. The number of methoxy groups -OCH3 is 1. The van der Waals surface area contributed by atoms with Gasteiger partial charge >= 0.3 is 0 Å². The molecular weight excluding hydrogens is 266 g/mol. The van der Waals surface area contributed by atoms with E-state index in [4.69, 9.17) is 9.26 Å². The van der Waals surface area contributed by atoms with Crippen molar-refractivity contribution in [3.05, 3.63) is 45.8 Å². The molecule has 0 bridgehead atoms. The van der Waals surface area contributed by atoms with Crippen molar-refractivity contribution in [2.75, 3.05) is 12.4 Å². The van der Waals surface area contributed by atoms with Crippen LogP contribution in [0.4, 0.5) is 11.4 Å². The Morgan fingerprint density at radius 2 is 2.20 bits per heavy atom. The first-order valence-electron chi connectivity index (χ1n) is 5.58. The van der Waals surface area contributed by atoms with Gasteiger partial charge in [-0.2, -0.15) is 0 Å². The number of ether oxygens (including phenoxy) is 1. The van der Waals surface area contributed by atoms with Crippen LogP contribution < -0.4 is 10.1 Å². The molecule has 8 heteroatoms. The van der Waals surface area contributed by atoms with Crippen LogP contribution in [-0.4, -0.2) is 23.1 Å². The minimum Gasteiger partial charge on any atom is -0.494 e. The Kier molecular flexibility index (Phi) is 3.65. The minimum atomic E-state index is -0.547. The van der Waals surface area contributed by atoms with Crippen LogP contribution in [0, 0.1) is 17.0 Å². The summed E-state index contributed by atoms with van der Waals surface area (Å²) in [6.07, 6.45) is 0. The molecule has 1 aromatic heterocycles. The third kappa shape index (κ3) is 2.74. The molecule has 2 aromatic rings. The fourth-order valence-electron chi connectivity index (χ4n) is 1.56. The summed E-state index contributed by atoms with van der Waals surface area (Å²) in [6, 6.07) is 5.37. The number of benzene rings is 1. The van der Waals surface area contributed by atoms with E-state index in [0.29, 0.717) is 11.4 Å². The van der Waals surface area contributed by atoms with Crippen molar-refractivity contribution in [2.45, 2.75) is 6.92 Å². The van der Waals surface area contributed by atoms with E-state index in [-0.39, 0.29) is 17.1 Å². The first-order valence-corrected chi connectivity index (χ1v) is 5.58. The fraction of sp³-hybridized carbons (Fsp3) is 0.167. The molecule has 0 atom stereocenters. The van der Waals surface area contributed by atoms with Gasteiger partial charge < -0.3 is 14.6 Å². The molecule has 1 heterocycles. The smallest absolute Gasteiger partial charge is 0.277 e. The summed E-state index contributed by atoms with van der Waals surface area (Å²) in [5.41, 5.74) is 0.295. The topological polar surface area (TPSA) is 108 Å². The summed E-state index contributed by atoms with van der Waals surface area (Å²) in [7, 11) is 1.36. The van der Waals surface area contributed by atoms with Gasteiger partial charge in [0.25, 0.3) is 11.6 Å². The number of rotatable bonds is 4. The van der Waals surface area contributed by atoms with E-state index in [9.17, 15) is 14.9 Å². The maximum atomic E-state index is 11.9. The van der Waals surface area contributed by atoms with Crippen molar-refractivity contribution in [3.8, 4) is 5.75 Å². The van der Waals surface area contributed by atoms with Crippen LogP contribution in [0.15, 0.2) is 28.8 Å². The van der Waals surface area contributed by atoms with Crippen molar-refractivity contribution in [2.24, 2.45) is 0 Å². The SMILES string of the molecule is COc1cc([N+](=O)[O-])ccc1NC(=O)c1cc(C)on1. The Hall–Kier alpha value is -2.90. The number of aryl methyl sites for hydroxylation is 1. The van der Waals surface area contributed by atoms with Crippen LogP contribution in [-0.2, 0) is 0 Å². The Labute approximate surface area is 113 Å². The number of hydrogen-bond acceptors (Lipinski definition) is 6. The summed E-state index contributed by atoms with van der Waals surface area (Å²) in [4.78, 5) is 22.0. The van der Waals surface area contributed by atoms with Gasteiger partial charge in [0.2, 0.25) is 0 Å². The van der Waals surface area contributed by atoms with E-state index in [2.05, 4.69) is 10.5 Å². The van der Waals surface area contributed by atoms with Crippen LogP contribution in [0.5, 0.6) is 5.75 Å². The molecule has 0 aliphatic rings. The normalized spacial score (nSPS) is 10.1. The maximum Gasteiger partial charge on any atom is 0.277 e. The standard InChI is InChI=1S/C12H11N3O5/c1-7-5-10(14-20-7)12(16)13-9-4-3-8(15(17)18)6-11(9)19-2/h3-6H,1-2H3,(H,13,16). The van der Waals surface area contributed by atoms with E-state index in [1.165, 1.54) is 31.4 Å². The minimum absolute atomic E-state index is 0.114. The van der Waals surface area contributed by atoms with E-state index in [1.54, 1.807) is 6.92 Å². The number of hydrogen-bond donors (Lipinski definition) is 1. The Morgan fingerprint density at radius 3 is 2.75 bits per heavy atom. The largest absolute Gasteiger partial charge is 0.494 e. The van der Waals surface area contributed by atoms with E-state index in [1.807, 2.05) is 0 Å². The molecule has 0 spiro atoms. The number of anilines is 1. The Balaban J connectivity index is 2.25. The van der Waals surface area contributed by atoms with Gasteiger partial charge in [0.15, 0.2) is 5.69 Å². The molecule has 1 amide bonds. The lowest BCUT2D eigenvalue weighted by Gasteiger charge is -2.08. The second-order valence-electron chi connectivity index (χ2n) is 3.92. The number of carbonyl (C=O) groups is 1. The molecule has 1 aromatic carbocycles. The van der Waals surface area contributed by atoms with Crippen molar-refractivity contribution in [3.63, 3.8) is 0 Å². The first kappa shape index (κ1) is 13.5. The third-order valence-corrected chi connectivity index (χ3v) is 2.50. The molecule has 8 nitrogen and oxygen atoms in total. The van der Waals surface area contributed by atoms with Crippen LogP contribution >= 0.6 is 0 Å². The van der Waals surface area contributed by atoms with Crippen LogP contribution in [0.2, 0.25) is 0 Å². The molecular formula is C12H11N3O5. The molecule has 0 aliphatic heterocycles. The summed E-state index contributed by atoms with van der Waals surface area (Å²) in [5.74, 6) is 0.201. The molecule has 1 N–H and O–H groups in total. The molecule has 0 fully saturated rings. The second kappa shape index (κ2) is 5.39. The molecule has 0 saturated heterocycles. The molecule has 104 valence electrons. The zero-order valence-electron chi connectivity index (χ0n) is 10.7. The molecule has 0 aliphatic carbocycles. The third-order valence-electron chi connectivity index (χ3n) is 2.50. The zero-order chi connectivity index (χ0) is 14.7. The first-order chi connectivity index (χ1) is 9.51. The zero-order valence-corrected chi connectivity index (χ0v) is 10.7. The number of carbonyl (C=O) groups excluding carboxylic acids is 1. The predicted octanol–water partition coefficient (Wildman–Crippen LogP) is 2.15. The van der Waals surface area contributed by atoms with Gasteiger partial charge in [0.1, 0.15) is 11.5 Å². The van der Waals surface area contributed by atoms with Crippen LogP contribution in [0.1, 0.15) is 16.2 Å². The highest BCUT2D eigenvalue weighted by Crippen LogP contribution is 2.29. The average molecular weight is 277 g/mol. The van der Waals surface area contributed by atoms with Crippen molar-refractivity contribution in [1.82, 2.24) is 5.16 Å². The number of nitrogens with one attached hydrogen (secondary N) is 1. The van der Waals surface area contributed by atoms with Crippen LogP contribution in [0.3, 0.4) is 0 Å². The van der Waals surface area contributed by atoms with Gasteiger partial charge in [-0.25, -0.2) is 0 Å². The molecule has 0 unspecified atom stereocenters. The van der Waals surface area contributed by atoms with Crippen molar-refractivity contribution < 1.29 is 19.0 Å². The molecule has 0 saturated carbocycles. The molecule has 0 radical (unpaired) electrons. The van der Waals surface area contributed by atoms with Gasteiger partial charge in [-0.05, 0) is 13.0 Å². The van der Waals surface area contributed by atoms with E-state index < -0.39 is 10.8 Å². The lowest BCUT2D eigenvalue weighted by atomic mass is 10.2. The highest BCUT2D eigenvalue weighted by atomic mass is 16.6. The van der Waals surface area contributed by atoms with E-state index in [0.717, 1.165) is 0 Å². The van der Waals surface area contributed by atoms with Crippen molar-refractivity contribution >= 4 is 17.3 Å². The van der Waals surface area contributed by atoms with Crippen LogP contribution in [0.25, 0.3) is 0 Å². The van der Waals surface area contributed by atoms with Gasteiger partial charge in [0, 0.05) is 12.1 Å². The highest BCUT2D eigenvalue weighted by Gasteiger charge is 2.16. The maximum absolute atomic E-state index is 11.9. The number of nitro benzene ring substituents is 1. The quantitative estimate of drug-likeness (QED) is 0.677. The molecule has 2 rings (SSSR count). The number of nitro groups is 1. The lowest BCUT2D eigenvalue weighted by Crippen LogP contribution is -2.13. The Morgan fingerprint density at radius 1 is 1.45 bits per heavy atom. The van der Waals surface area contributed by atoms with Gasteiger partial charge in [-0.3, -0.25) is 14.9 Å². The Bertz CT molecular complexity index is 665. The summed E-state index contributed by atoms with van der Waals surface area (Å²) < 4.78 is 9.81. The fourth-order valence-corrected chi connectivity index (χ4v) is 1.56. The summed E-state index contributed by atoms with van der Waals surface area (Å²) in [6.45, 7) is 1.66.